The van der Waals surface area contributed by atoms with Crippen LogP contribution < -0.4 is 11.2 Å². The van der Waals surface area contributed by atoms with E-state index in [0.717, 1.165) is 10.8 Å². The third-order valence-electron chi connectivity index (χ3n) is 3.89. The standard InChI is InChI=1S/C12H14F2N2O5/c13-12(14)2-6(12)5-3-16(11(20)15-10(5)19)9-1-7(18)8(4-17)21-9/h3,6-9,17-18H,1-2,4H2,(H,15,19,20)/t6?,7-,8+,9+/m0/s1. The highest BCUT2D eigenvalue weighted by atomic mass is 19.3. The van der Waals surface area contributed by atoms with Crippen LogP contribution in [0.3, 0.4) is 0 Å². The molecular weight excluding hydrogens is 290 g/mol. The van der Waals surface area contributed by atoms with Crippen molar-refractivity contribution in [2.45, 2.75) is 43.1 Å². The summed E-state index contributed by atoms with van der Waals surface area (Å²) >= 11 is 0. The van der Waals surface area contributed by atoms with Gasteiger partial charge in [0.2, 0.25) is 0 Å². The fourth-order valence-electron chi connectivity index (χ4n) is 2.56. The Balaban J connectivity index is 1.95. The van der Waals surface area contributed by atoms with Gasteiger partial charge in [-0.05, 0) is 0 Å². The molecule has 3 rings (SSSR count). The molecule has 1 saturated carbocycles. The average molecular weight is 304 g/mol. The van der Waals surface area contributed by atoms with Crippen molar-refractivity contribution < 1.29 is 23.7 Å². The monoisotopic (exact) mass is 304 g/mol. The fraction of sp³-hybridized carbons (Fsp3) is 0.667. The minimum Gasteiger partial charge on any atom is -0.394 e. The van der Waals surface area contributed by atoms with E-state index in [0.29, 0.717) is 0 Å². The number of hydrogen-bond acceptors (Lipinski definition) is 5. The molecule has 4 atom stereocenters. The quantitative estimate of drug-likeness (QED) is 0.685. The Morgan fingerprint density at radius 3 is 2.67 bits per heavy atom. The first-order valence-electron chi connectivity index (χ1n) is 6.51. The number of aliphatic hydroxyl groups is 2. The Bertz CT molecular complexity index is 670. The van der Waals surface area contributed by atoms with E-state index in [1.165, 1.54) is 0 Å². The van der Waals surface area contributed by atoms with Crippen molar-refractivity contribution in [2.75, 3.05) is 6.61 Å². The van der Waals surface area contributed by atoms with Crippen LogP contribution in [0.1, 0.15) is 30.6 Å². The minimum absolute atomic E-state index is 0.0255. The lowest BCUT2D eigenvalue weighted by atomic mass is 10.2. The van der Waals surface area contributed by atoms with Crippen LogP contribution in [0.4, 0.5) is 8.78 Å². The highest BCUT2D eigenvalue weighted by Gasteiger charge is 2.59. The van der Waals surface area contributed by atoms with Crippen LogP contribution in [0.5, 0.6) is 0 Å². The number of H-pyrrole nitrogens is 1. The highest BCUT2D eigenvalue weighted by molar-refractivity contribution is 5.24. The lowest BCUT2D eigenvalue weighted by molar-refractivity contribution is -0.0460. The zero-order chi connectivity index (χ0) is 15.4. The number of aromatic nitrogens is 2. The number of nitrogens with one attached hydrogen (secondary N) is 1. The zero-order valence-corrected chi connectivity index (χ0v) is 10.8. The average Bonchev–Trinajstić information content (AvgIpc) is 2.87. The summed E-state index contributed by atoms with van der Waals surface area (Å²) in [5.41, 5.74) is -1.82. The number of aromatic amines is 1. The van der Waals surface area contributed by atoms with Crippen molar-refractivity contribution >= 4 is 0 Å². The SMILES string of the molecule is O=c1[nH]c(=O)n([C@H]2C[C@H](O)[C@@H](CO)O2)cc1C1CC1(F)F. The van der Waals surface area contributed by atoms with Crippen LogP contribution in [0.25, 0.3) is 0 Å². The lowest BCUT2D eigenvalue weighted by Crippen LogP contribution is -2.34. The summed E-state index contributed by atoms with van der Waals surface area (Å²) in [6, 6.07) is 0. The third-order valence-corrected chi connectivity index (χ3v) is 3.89. The van der Waals surface area contributed by atoms with Gasteiger partial charge in [-0.25, -0.2) is 13.6 Å². The summed E-state index contributed by atoms with van der Waals surface area (Å²) in [7, 11) is 0. The van der Waals surface area contributed by atoms with E-state index in [1.807, 2.05) is 4.98 Å². The van der Waals surface area contributed by atoms with E-state index < -0.39 is 54.6 Å². The maximum Gasteiger partial charge on any atom is 0.330 e. The Kier molecular flexibility index (Phi) is 3.23. The second-order valence-corrected chi connectivity index (χ2v) is 5.38. The third kappa shape index (κ3) is 2.41. The van der Waals surface area contributed by atoms with Gasteiger partial charge in [0.25, 0.3) is 11.5 Å². The Morgan fingerprint density at radius 1 is 1.48 bits per heavy atom. The Morgan fingerprint density at radius 2 is 2.14 bits per heavy atom. The van der Waals surface area contributed by atoms with E-state index in [1.54, 1.807) is 0 Å². The molecule has 21 heavy (non-hydrogen) atoms. The van der Waals surface area contributed by atoms with Gasteiger partial charge in [-0.2, -0.15) is 0 Å². The van der Waals surface area contributed by atoms with E-state index in [2.05, 4.69) is 0 Å². The number of nitrogens with zero attached hydrogens (tertiary/aromatic N) is 1. The molecule has 1 unspecified atom stereocenters. The van der Waals surface area contributed by atoms with Gasteiger partial charge in [-0.3, -0.25) is 14.3 Å². The molecule has 7 nitrogen and oxygen atoms in total. The predicted molar refractivity (Wildman–Crippen MR) is 65.2 cm³/mol. The van der Waals surface area contributed by atoms with Crippen molar-refractivity contribution in [2.24, 2.45) is 0 Å². The topological polar surface area (TPSA) is 105 Å². The van der Waals surface area contributed by atoms with Gasteiger partial charge in [-0.15, -0.1) is 0 Å². The van der Waals surface area contributed by atoms with Crippen LogP contribution in [-0.2, 0) is 4.74 Å². The fourth-order valence-corrected chi connectivity index (χ4v) is 2.56. The highest BCUT2D eigenvalue weighted by Crippen LogP contribution is 2.54. The first-order valence-corrected chi connectivity index (χ1v) is 6.51. The molecule has 9 heteroatoms. The number of halogens is 2. The van der Waals surface area contributed by atoms with Crippen LogP contribution in [0.2, 0.25) is 0 Å². The molecule has 0 aromatic carbocycles. The second kappa shape index (κ2) is 4.72. The second-order valence-electron chi connectivity index (χ2n) is 5.38. The number of ether oxygens (including phenoxy) is 1. The maximum absolute atomic E-state index is 13.1. The minimum atomic E-state index is -2.93. The number of aliphatic hydroxyl groups excluding tert-OH is 2. The molecule has 1 aliphatic carbocycles. The van der Waals surface area contributed by atoms with Gasteiger partial charge in [0.05, 0.1) is 18.6 Å². The summed E-state index contributed by atoms with van der Waals surface area (Å²) < 4.78 is 32.5. The Labute approximate surface area is 116 Å². The van der Waals surface area contributed by atoms with Crippen molar-refractivity contribution in [3.63, 3.8) is 0 Å². The summed E-state index contributed by atoms with van der Waals surface area (Å²) in [6.45, 7) is -0.427. The lowest BCUT2D eigenvalue weighted by Gasteiger charge is -2.15. The molecule has 0 amide bonds. The van der Waals surface area contributed by atoms with Gasteiger partial charge in [-0.1, -0.05) is 0 Å². The molecule has 1 aliphatic heterocycles. The van der Waals surface area contributed by atoms with Gasteiger partial charge in [0.1, 0.15) is 12.3 Å². The molecular formula is C12H14F2N2O5. The molecule has 1 aromatic rings. The molecule has 1 aromatic heterocycles. The van der Waals surface area contributed by atoms with Crippen LogP contribution in [-0.4, -0.2) is 44.5 Å². The summed E-state index contributed by atoms with van der Waals surface area (Å²) in [5, 5.41) is 18.7. The van der Waals surface area contributed by atoms with Crippen LogP contribution >= 0.6 is 0 Å². The van der Waals surface area contributed by atoms with Crippen LogP contribution in [0.15, 0.2) is 15.8 Å². The smallest absolute Gasteiger partial charge is 0.330 e. The summed E-state index contributed by atoms with van der Waals surface area (Å²) in [5.74, 6) is -4.13. The van der Waals surface area contributed by atoms with Crippen molar-refractivity contribution in [3.05, 3.63) is 32.6 Å². The molecule has 3 N–H and O–H groups in total. The number of hydrogen-bond donors (Lipinski definition) is 3. The largest absolute Gasteiger partial charge is 0.394 e. The molecule has 0 radical (unpaired) electrons. The molecule has 2 fully saturated rings. The first kappa shape index (κ1) is 14.4. The normalized spacial score (nSPS) is 34.1. The molecule has 1 saturated heterocycles. The summed E-state index contributed by atoms with van der Waals surface area (Å²) in [4.78, 5) is 25.4. The molecule has 2 aliphatic rings. The van der Waals surface area contributed by atoms with Gasteiger partial charge in [0.15, 0.2) is 0 Å². The van der Waals surface area contributed by atoms with E-state index in [9.17, 15) is 23.5 Å². The summed E-state index contributed by atoms with van der Waals surface area (Å²) in [6.07, 6.45) is -2.07. The maximum atomic E-state index is 13.1. The number of alkyl halides is 2. The zero-order valence-electron chi connectivity index (χ0n) is 10.8. The molecule has 0 spiro atoms. The molecule has 116 valence electrons. The van der Waals surface area contributed by atoms with E-state index in [-0.39, 0.29) is 12.0 Å². The van der Waals surface area contributed by atoms with Crippen molar-refractivity contribution in [1.82, 2.24) is 9.55 Å². The van der Waals surface area contributed by atoms with Crippen molar-refractivity contribution in [1.29, 1.82) is 0 Å². The van der Waals surface area contributed by atoms with E-state index in [4.69, 9.17) is 9.84 Å². The van der Waals surface area contributed by atoms with Crippen molar-refractivity contribution in [3.8, 4) is 0 Å². The number of rotatable bonds is 3. The molecule has 2 heterocycles. The van der Waals surface area contributed by atoms with Gasteiger partial charge < -0.3 is 14.9 Å². The molecule has 0 bridgehead atoms. The van der Waals surface area contributed by atoms with E-state index >= 15 is 0 Å². The Hall–Kier alpha value is -1.58. The van der Waals surface area contributed by atoms with Gasteiger partial charge >= 0.3 is 5.69 Å². The van der Waals surface area contributed by atoms with Crippen LogP contribution in [0, 0.1) is 0 Å². The first-order chi connectivity index (χ1) is 9.83. The van der Waals surface area contributed by atoms with Gasteiger partial charge in [0, 0.05) is 24.6 Å². The predicted octanol–water partition coefficient (Wildman–Crippen LogP) is -0.700.